The third-order valence-corrected chi connectivity index (χ3v) is 3.02. The lowest BCUT2D eigenvalue weighted by Gasteiger charge is -2.20. The molecule has 0 aliphatic heterocycles. The number of hydrogen-bond acceptors (Lipinski definition) is 3. The Morgan fingerprint density at radius 2 is 2.00 bits per heavy atom. The molecule has 0 saturated carbocycles. The van der Waals surface area contributed by atoms with E-state index in [1.165, 1.54) is 5.56 Å². The van der Waals surface area contributed by atoms with Crippen LogP contribution in [0.5, 0.6) is 11.5 Å². The number of nitrogens with zero attached hydrogens (tertiary/aromatic N) is 1. The van der Waals surface area contributed by atoms with Gasteiger partial charge in [-0.15, -0.1) is 0 Å². The lowest BCUT2D eigenvalue weighted by molar-refractivity contribution is 0.470. The molecular formula is C16H20N2O. The van der Waals surface area contributed by atoms with Crippen molar-refractivity contribution in [3.05, 3.63) is 53.9 Å². The van der Waals surface area contributed by atoms with Crippen molar-refractivity contribution in [1.82, 2.24) is 4.98 Å². The van der Waals surface area contributed by atoms with E-state index < -0.39 is 0 Å². The zero-order valence-electron chi connectivity index (χ0n) is 11.7. The molecule has 2 N–H and O–H groups in total. The number of rotatable bonds is 3. The van der Waals surface area contributed by atoms with Crippen LogP contribution in [0.3, 0.4) is 0 Å². The van der Waals surface area contributed by atoms with Crippen LogP contribution in [0, 0.1) is 0 Å². The summed E-state index contributed by atoms with van der Waals surface area (Å²) in [5.74, 6) is 1.53. The molecule has 0 bridgehead atoms. The summed E-state index contributed by atoms with van der Waals surface area (Å²) in [5, 5.41) is 0. The van der Waals surface area contributed by atoms with Crippen molar-refractivity contribution in [2.75, 3.05) is 0 Å². The van der Waals surface area contributed by atoms with Gasteiger partial charge in [0, 0.05) is 18.3 Å². The van der Waals surface area contributed by atoms with E-state index in [9.17, 15) is 0 Å². The van der Waals surface area contributed by atoms with E-state index in [-0.39, 0.29) is 5.41 Å². The Morgan fingerprint density at radius 3 is 2.68 bits per heavy atom. The summed E-state index contributed by atoms with van der Waals surface area (Å²) >= 11 is 0. The van der Waals surface area contributed by atoms with Gasteiger partial charge in [0.25, 0.3) is 0 Å². The smallest absolute Gasteiger partial charge is 0.150 e. The number of ether oxygens (including phenoxy) is 1. The lowest BCUT2D eigenvalue weighted by atomic mass is 9.87. The first-order chi connectivity index (χ1) is 9.00. The van der Waals surface area contributed by atoms with Crippen LogP contribution in [0.1, 0.15) is 31.9 Å². The van der Waals surface area contributed by atoms with Crippen molar-refractivity contribution >= 4 is 0 Å². The quantitative estimate of drug-likeness (QED) is 0.912. The van der Waals surface area contributed by atoms with Crippen LogP contribution in [0.2, 0.25) is 0 Å². The molecule has 100 valence electrons. The second kappa shape index (κ2) is 5.41. The lowest BCUT2D eigenvalue weighted by Crippen LogP contribution is -2.10. The molecule has 19 heavy (non-hydrogen) atoms. The summed E-state index contributed by atoms with van der Waals surface area (Å²) in [6.45, 7) is 6.99. The predicted octanol–water partition coefficient (Wildman–Crippen LogP) is 3.63. The van der Waals surface area contributed by atoms with Gasteiger partial charge in [0.2, 0.25) is 0 Å². The topological polar surface area (TPSA) is 48.1 Å². The first-order valence-corrected chi connectivity index (χ1v) is 6.42. The summed E-state index contributed by atoms with van der Waals surface area (Å²) in [7, 11) is 0. The van der Waals surface area contributed by atoms with Gasteiger partial charge in [0.1, 0.15) is 11.5 Å². The van der Waals surface area contributed by atoms with Gasteiger partial charge in [-0.2, -0.15) is 0 Å². The van der Waals surface area contributed by atoms with Crippen molar-refractivity contribution in [3.63, 3.8) is 0 Å². The Bertz CT molecular complexity index is 559. The Labute approximate surface area is 114 Å². The zero-order chi connectivity index (χ0) is 13.9. The minimum atomic E-state index is 0.102. The molecule has 0 aliphatic carbocycles. The first kappa shape index (κ1) is 13.6. The van der Waals surface area contributed by atoms with E-state index in [1.807, 2.05) is 18.2 Å². The van der Waals surface area contributed by atoms with Crippen molar-refractivity contribution in [1.29, 1.82) is 0 Å². The summed E-state index contributed by atoms with van der Waals surface area (Å²) < 4.78 is 5.89. The number of pyridine rings is 1. The van der Waals surface area contributed by atoms with Gasteiger partial charge in [-0.05, 0) is 29.2 Å². The Kier molecular flexibility index (Phi) is 3.86. The monoisotopic (exact) mass is 256 g/mol. The minimum absolute atomic E-state index is 0.102. The predicted molar refractivity (Wildman–Crippen MR) is 77.3 cm³/mol. The number of benzene rings is 1. The highest BCUT2D eigenvalue weighted by Gasteiger charge is 2.14. The van der Waals surface area contributed by atoms with E-state index in [0.29, 0.717) is 6.54 Å². The fourth-order valence-electron chi connectivity index (χ4n) is 1.82. The summed E-state index contributed by atoms with van der Waals surface area (Å²) in [4.78, 5) is 4.08. The molecule has 0 unspecified atom stereocenters. The third-order valence-electron chi connectivity index (χ3n) is 3.02. The zero-order valence-corrected chi connectivity index (χ0v) is 11.7. The molecule has 0 aliphatic rings. The number of aromatic nitrogens is 1. The van der Waals surface area contributed by atoms with Gasteiger partial charge in [-0.25, -0.2) is 0 Å². The molecule has 0 fully saturated rings. The van der Waals surface area contributed by atoms with Crippen LogP contribution in [0.4, 0.5) is 0 Å². The first-order valence-electron chi connectivity index (χ1n) is 6.42. The van der Waals surface area contributed by atoms with Crippen LogP contribution in [-0.2, 0) is 12.0 Å². The van der Waals surface area contributed by atoms with Crippen LogP contribution >= 0.6 is 0 Å². The standard InChI is InChI=1S/C16H20N2O/c1-16(2,3)13-5-4-6-14(9-13)19-15-11-18-8-7-12(15)10-17/h4-9,11H,10,17H2,1-3H3. The second-order valence-electron chi connectivity index (χ2n) is 5.57. The number of hydrogen-bond donors (Lipinski definition) is 1. The summed E-state index contributed by atoms with van der Waals surface area (Å²) in [6, 6.07) is 10.0. The molecule has 2 rings (SSSR count). The Morgan fingerprint density at radius 1 is 1.21 bits per heavy atom. The normalized spacial score (nSPS) is 11.4. The Balaban J connectivity index is 2.29. The SMILES string of the molecule is CC(C)(C)c1cccc(Oc2cnccc2CN)c1. The molecule has 0 amide bonds. The van der Waals surface area contributed by atoms with Gasteiger partial charge < -0.3 is 10.5 Å². The molecule has 3 heteroatoms. The molecule has 1 heterocycles. The second-order valence-corrected chi connectivity index (χ2v) is 5.57. The highest BCUT2D eigenvalue weighted by Crippen LogP contribution is 2.29. The van der Waals surface area contributed by atoms with Gasteiger partial charge in [-0.3, -0.25) is 4.98 Å². The fraction of sp³-hybridized carbons (Fsp3) is 0.312. The average molecular weight is 256 g/mol. The van der Waals surface area contributed by atoms with E-state index in [2.05, 4.69) is 37.9 Å². The van der Waals surface area contributed by atoms with Crippen LogP contribution in [0.15, 0.2) is 42.7 Å². The van der Waals surface area contributed by atoms with Crippen molar-refractivity contribution in [2.45, 2.75) is 32.7 Å². The molecule has 1 aromatic carbocycles. The molecular weight excluding hydrogens is 236 g/mol. The Hall–Kier alpha value is -1.87. The third kappa shape index (κ3) is 3.32. The molecule has 0 spiro atoms. The van der Waals surface area contributed by atoms with Crippen molar-refractivity contribution < 1.29 is 4.74 Å². The van der Waals surface area contributed by atoms with E-state index in [0.717, 1.165) is 17.1 Å². The molecule has 0 saturated heterocycles. The summed E-state index contributed by atoms with van der Waals surface area (Å²) in [5.41, 5.74) is 7.99. The van der Waals surface area contributed by atoms with E-state index >= 15 is 0 Å². The number of nitrogens with two attached hydrogens (primary N) is 1. The van der Waals surface area contributed by atoms with Crippen LogP contribution in [-0.4, -0.2) is 4.98 Å². The molecule has 0 atom stereocenters. The minimum Gasteiger partial charge on any atom is -0.455 e. The van der Waals surface area contributed by atoms with Crippen LogP contribution in [0.25, 0.3) is 0 Å². The highest BCUT2D eigenvalue weighted by molar-refractivity contribution is 5.38. The molecule has 3 nitrogen and oxygen atoms in total. The maximum absolute atomic E-state index is 5.89. The van der Waals surface area contributed by atoms with Crippen molar-refractivity contribution in [2.24, 2.45) is 5.73 Å². The average Bonchev–Trinajstić information content (AvgIpc) is 2.39. The van der Waals surface area contributed by atoms with Gasteiger partial charge in [-0.1, -0.05) is 32.9 Å². The maximum Gasteiger partial charge on any atom is 0.150 e. The van der Waals surface area contributed by atoms with Gasteiger partial charge in [0.15, 0.2) is 0 Å². The summed E-state index contributed by atoms with van der Waals surface area (Å²) in [6.07, 6.45) is 3.42. The van der Waals surface area contributed by atoms with Gasteiger partial charge in [0.05, 0.1) is 6.20 Å². The fourth-order valence-corrected chi connectivity index (χ4v) is 1.82. The molecule has 1 aromatic heterocycles. The largest absolute Gasteiger partial charge is 0.455 e. The molecule has 0 radical (unpaired) electrons. The molecule has 2 aromatic rings. The highest BCUT2D eigenvalue weighted by atomic mass is 16.5. The van der Waals surface area contributed by atoms with Crippen LogP contribution < -0.4 is 10.5 Å². The van der Waals surface area contributed by atoms with E-state index in [1.54, 1.807) is 12.4 Å². The van der Waals surface area contributed by atoms with Gasteiger partial charge >= 0.3 is 0 Å². The van der Waals surface area contributed by atoms with Crippen molar-refractivity contribution in [3.8, 4) is 11.5 Å². The maximum atomic E-state index is 5.89. The van der Waals surface area contributed by atoms with E-state index in [4.69, 9.17) is 10.5 Å².